The molecule has 4 heteroatoms. The summed E-state index contributed by atoms with van der Waals surface area (Å²) < 4.78 is 11.4. The van der Waals surface area contributed by atoms with Crippen LogP contribution in [0, 0.1) is 23.7 Å². The Morgan fingerprint density at radius 3 is 2.88 bits per heavy atom. The van der Waals surface area contributed by atoms with Crippen LogP contribution < -0.4 is 0 Å². The predicted octanol–water partition coefficient (Wildman–Crippen LogP) is 3.45. The zero-order chi connectivity index (χ0) is 17.4. The van der Waals surface area contributed by atoms with Crippen molar-refractivity contribution in [3.8, 4) is 0 Å². The van der Waals surface area contributed by atoms with E-state index in [0.717, 1.165) is 24.8 Å². The van der Waals surface area contributed by atoms with Crippen molar-refractivity contribution >= 4 is 5.97 Å². The Hall–Kier alpha value is -1.65. The van der Waals surface area contributed by atoms with Gasteiger partial charge in [-0.2, -0.15) is 0 Å². The minimum absolute atomic E-state index is 0.00474. The Kier molecular flexibility index (Phi) is 4.65. The second-order valence-corrected chi connectivity index (χ2v) is 7.60. The highest BCUT2D eigenvalue weighted by Crippen LogP contribution is 2.51. The minimum Gasteiger partial charge on any atom is -0.462 e. The molecule has 0 amide bonds. The molecule has 1 saturated carbocycles. The summed E-state index contributed by atoms with van der Waals surface area (Å²) in [6, 6.07) is 9.89. The van der Waals surface area contributed by atoms with Crippen LogP contribution in [0.25, 0.3) is 0 Å². The molecule has 0 aromatic heterocycles. The van der Waals surface area contributed by atoms with Gasteiger partial charge in [0.25, 0.3) is 0 Å². The molecule has 0 bridgehead atoms. The van der Waals surface area contributed by atoms with Crippen LogP contribution in [0.5, 0.6) is 0 Å². The lowest BCUT2D eigenvalue weighted by atomic mass is 9.62. The number of cyclic esters (lactones) is 1. The van der Waals surface area contributed by atoms with Gasteiger partial charge in [0.15, 0.2) is 6.29 Å². The first-order valence-corrected chi connectivity index (χ1v) is 9.40. The highest BCUT2D eigenvalue weighted by molar-refractivity contribution is 5.78. The van der Waals surface area contributed by atoms with E-state index in [1.54, 1.807) is 0 Å². The average Bonchev–Trinajstić information content (AvgIpc) is 2.92. The molecule has 2 aliphatic carbocycles. The quantitative estimate of drug-likeness (QED) is 0.517. The fraction of sp³-hybridized carbons (Fsp3) is 0.571. The van der Waals surface area contributed by atoms with Crippen LogP contribution in [0.1, 0.15) is 38.2 Å². The van der Waals surface area contributed by atoms with E-state index in [0.29, 0.717) is 12.5 Å². The predicted molar refractivity (Wildman–Crippen MR) is 93.3 cm³/mol. The van der Waals surface area contributed by atoms with E-state index >= 15 is 0 Å². The molecule has 4 rings (SSSR count). The average molecular weight is 342 g/mol. The highest BCUT2D eigenvalue weighted by Gasteiger charge is 2.53. The normalized spacial score (nSPS) is 35.4. The van der Waals surface area contributed by atoms with Gasteiger partial charge in [-0.25, -0.2) is 0 Å². The first-order valence-electron chi connectivity index (χ1n) is 9.40. The molecule has 1 aliphatic heterocycles. The second-order valence-electron chi connectivity index (χ2n) is 7.60. The van der Waals surface area contributed by atoms with Gasteiger partial charge in [-0.3, -0.25) is 4.79 Å². The largest absolute Gasteiger partial charge is 0.462 e. The van der Waals surface area contributed by atoms with Crippen LogP contribution >= 0.6 is 0 Å². The van der Waals surface area contributed by atoms with Crippen molar-refractivity contribution in [2.75, 3.05) is 0 Å². The maximum absolute atomic E-state index is 12.3. The Morgan fingerprint density at radius 1 is 1.28 bits per heavy atom. The van der Waals surface area contributed by atoms with Crippen LogP contribution in [-0.4, -0.2) is 23.5 Å². The van der Waals surface area contributed by atoms with Crippen LogP contribution in [0.2, 0.25) is 0 Å². The summed E-state index contributed by atoms with van der Waals surface area (Å²) in [5.41, 5.74) is 2.37. The summed E-state index contributed by atoms with van der Waals surface area (Å²) in [4.78, 5) is 12.3. The number of rotatable bonds is 4. The second kappa shape index (κ2) is 6.93. The van der Waals surface area contributed by atoms with E-state index < -0.39 is 6.29 Å². The lowest BCUT2D eigenvalue weighted by Crippen LogP contribution is -2.45. The van der Waals surface area contributed by atoms with Crippen molar-refractivity contribution in [1.82, 2.24) is 0 Å². The smallest absolute Gasteiger partial charge is 0.313 e. The van der Waals surface area contributed by atoms with Crippen molar-refractivity contribution in [1.29, 1.82) is 0 Å². The molecule has 0 radical (unpaired) electrons. The first-order chi connectivity index (χ1) is 12.1. The molecule has 3 aliphatic rings. The zero-order valence-corrected chi connectivity index (χ0v) is 14.6. The summed E-state index contributed by atoms with van der Waals surface area (Å²) in [6.07, 6.45) is 5.52. The molecule has 1 aromatic rings. The summed E-state index contributed by atoms with van der Waals surface area (Å²) in [7, 11) is 0. The SMILES string of the molecule is C[C@H]1OC(=O)[C@@H]2C=C3CCCC[C@H]3[C@H](C(O)OCc3ccccc3)[C@H]12. The molecule has 4 nitrogen and oxygen atoms in total. The molecule has 1 aromatic carbocycles. The van der Waals surface area contributed by atoms with Crippen LogP contribution in [0.4, 0.5) is 0 Å². The number of fused-ring (bicyclic) bond motifs is 2. The fourth-order valence-corrected chi connectivity index (χ4v) is 4.99. The van der Waals surface area contributed by atoms with Gasteiger partial charge in [0.2, 0.25) is 0 Å². The van der Waals surface area contributed by atoms with Gasteiger partial charge in [0.05, 0.1) is 12.5 Å². The van der Waals surface area contributed by atoms with Crippen molar-refractivity contribution < 1.29 is 19.4 Å². The number of ether oxygens (including phenoxy) is 2. The van der Waals surface area contributed by atoms with E-state index in [1.807, 2.05) is 37.3 Å². The summed E-state index contributed by atoms with van der Waals surface area (Å²) in [5.74, 6) is -0.132. The monoisotopic (exact) mass is 342 g/mol. The number of hydrogen-bond acceptors (Lipinski definition) is 4. The summed E-state index contributed by atoms with van der Waals surface area (Å²) >= 11 is 0. The number of allylic oxidation sites excluding steroid dienone is 1. The lowest BCUT2D eigenvalue weighted by Gasteiger charge is -2.43. The van der Waals surface area contributed by atoms with Gasteiger partial charge < -0.3 is 14.6 Å². The molecule has 1 N–H and O–H groups in total. The molecular formula is C21H26O4. The molecule has 134 valence electrons. The molecule has 25 heavy (non-hydrogen) atoms. The van der Waals surface area contributed by atoms with Gasteiger partial charge in [-0.1, -0.05) is 48.4 Å². The number of carbonyl (C=O) groups is 1. The number of aliphatic hydroxyl groups is 1. The van der Waals surface area contributed by atoms with E-state index in [-0.39, 0.29) is 29.8 Å². The molecule has 2 fully saturated rings. The Bertz CT molecular complexity index is 653. The zero-order valence-electron chi connectivity index (χ0n) is 14.6. The van der Waals surface area contributed by atoms with Crippen LogP contribution in [0.3, 0.4) is 0 Å². The molecule has 1 unspecified atom stereocenters. The van der Waals surface area contributed by atoms with Crippen LogP contribution in [-0.2, 0) is 20.9 Å². The summed E-state index contributed by atoms with van der Waals surface area (Å²) in [6.45, 7) is 2.33. The third-order valence-electron chi connectivity index (χ3n) is 6.13. The number of esters is 1. The Labute approximate surface area is 148 Å². The number of aliphatic hydroxyl groups excluding tert-OH is 1. The number of hydrogen-bond donors (Lipinski definition) is 1. The molecule has 1 saturated heterocycles. The minimum atomic E-state index is -0.878. The van der Waals surface area contributed by atoms with Crippen LogP contribution in [0.15, 0.2) is 42.0 Å². The van der Waals surface area contributed by atoms with E-state index in [2.05, 4.69) is 6.08 Å². The van der Waals surface area contributed by atoms with Crippen molar-refractivity contribution in [2.24, 2.45) is 23.7 Å². The third-order valence-corrected chi connectivity index (χ3v) is 6.13. The van der Waals surface area contributed by atoms with Gasteiger partial charge >= 0.3 is 5.97 Å². The Balaban J connectivity index is 1.56. The van der Waals surface area contributed by atoms with Crippen molar-refractivity contribution in [2.45, 2.75) is 51.6 Å². The molecule has 6 atom stereocenters. The highest BCUT2D eigenvalue weighted by atomic mass is 16.6. The maximum Gasteiger partial charge on any atom is 0.313 e. The lowest BCUT2D eigenvalue weighted by molar-refractivity contribution is -0.174. The summed E-state index contributed by atoms with van der Waals surface area (Å²) in [5, 5.41) is 10.9. The van der Waals surface area contributed by atoms with E-state index in [4.69, 9.17) is 9.47 Å². The number of carbonyl (C=O) groups excluding carboxylic acids is 1. The topological polar surface area (TPSA) is 55.8 Å². The van der Waals surface area contributed by atoms with Crippen molar-refractivity contribution in [3.63, 3.8) is 0 Å². The van der Waals surface area contributed by atoms with Crippen molar-refractivity contribution in [3.05, 3.63) is 47.5 Å². The van der Waals surface area contributed by atoms with Gasteiger partial charge in [-0.15, -0.1) is 0 Å². The first kappa shape index (κ1) is 16.8. The van der Waals surface area contributed by atoms with Gasteiger partial charge in [-0.05, 0) is 37.7 Å². The maximum atomic E-state index is 12.3. The third kappa shape index (κ3) is 3.13. The standard InChI is InChI=1S/C21H26O4/c1-13-18-17(20(22)25-13)11-15-9-5-6-10-16(15)19(18)21(23)24-12-14-7-3-2-4-8-14/h2-4,7-8,11,13,16-19,21,23H,5-6,9-10,12H2,1H3/t13-,16-,17-,18-,19+,21?/m1/s1. The van der Waals surface area contributed by atoms with E-state index in [9.17, 15) is 9.90 Å². The Morgan fingerprint density at radius 2 is 2.08 bits per heavy atom. The van der Waals surface area contributed by atoms with Gasteiger partial charge in [0, 0.05) is 11.8 Å². The van der Waals surface area contributed by atoms with Gasteiger partial charge in [0.1, 0.15) is 6.10 Å². The number of benzene rings is 1. The molecule has 1 heterocycles. The van der Waals surface area contributed by atoms with E-state index in [1.165, 1.54) is 12.0 Å². The molecular weight excluding hydrogens is 316 g/mol. The fourth-order valence-electron chi connectivity index (χ4n) is 4.99. The molecule has 0 spiro atoms.